The summed E-state index contributed by atoms with van der Waals surface area (Å²) in [5.74, 6) is 0. The van der Waals surface area contributed by atoms with Gasteiger partial charge in [-0.3, -0.25) is 4.98 Å². The SMILES string of the molecule is c1ccc(-c2ccc3oc4ccc(-c5ccc6oc7ccc(-n8c9ccccc9c9ccncc98)cc7c6c5)cc4c3c2)cc1. The molecule has 10 rings (SSSR count). The van der Waals surface area contributed by atoms with E-state index in [0.29, 0.717) is 0 Å². The second-order valence-electron chi connectivity index (χ2n) is 11.6. The van der Waals surface area contributed by atoms with Crippen molar-refractivity contribution >= 4 is 65.7 Å². The molecule has 45 heavy (non-hydrogen) atoms. The van der Waals surface area contributed by atoms with Gasteiger partial charge < -0.3 is 13.4 Å². The van der Waals surface area contributed by atoms with Gasteiger partial charge in [0.25, 0.3) is 0 Å². The lowest BCUT2D eigenvalue weighted by Crippen LogP contribution is -1.93. The van der Waals surface area contributed by atoms with E-state index in [2.05, 4.69) is 137 Å². The lowest BCUT2D eigenvalue weighted by Gasteiger charge is -2.07. The Morgan fingerprint density at radius 1 is 0.400 bits per heavy atom. The van der Waals surface area contributed by atoms with Crippen LogP contribution in [0.15, 0.2) is 155 Å². The van der Waals surface area contributed by atoms with Crippen molar-refractivity contribution in [1.29, 1.82) is 0 Å². The molecule has 0 aliphatic carbocycles. The van der Waals surface area contributed by atoms with Crippen molar-refractivity contribution in [3.63, 3.8) is 0 Å². The summed E-state index contributed by atoms with van der Waals surface area (Å²) < 4.78 is 14.9. The summed E-state index contributed by atoms with van der Waals surface area (Å²) in [6.45, 7) is 0. The number of hydrogen-bond acceptors (Lipinski definition) is 3. The molecule has 0 radical (unpaired) electrons. The summed E-state index contributed by atoms with van der Waals surface area (Å²) >= 11 is 0. The third-order valence-corrected chi connectivity index (χ3v) is 9.10. The van der Waals surface area contributed by atoms with Crippen LogP contribution in [-0.2, 0) is 0 Å². The van der Waals surface area contributed by atoms with E-state index in [1.54, 1.807) is 0 Å². The second kappa shape index (κ2) is 9.18. The molecule has 0 N–H and O–H groups in total. The fourth-order valence-electron chi connectivity index (χ4n) is 6.95. The van der Waals surface area contributed by atoms with Crippen LogP contribution in [0.4, 0.5) is 0 Å². The van der Waals surface area contributed by atoms with E-state index in [1.807, 2.05) is 18.5 Å². The maximum atomic E-state index is 6.32. The van der Waals surface area contributed by atoms with Crippen molar-refractivity contribution in [2.45, 2.75) is 0 Å². The molecule has 10 aromatic rings. The zero-order valence-corrected chi connectivity index (χ0v) is 24.1. The molecule has 0 aliphatic heterocycles. The Hall–Kier alpha value is -6.13. The van der Waals surface area contributed by atoms with Crippen LogP contribution in [0, 0.1) is 0 Å². The topological polar surface area (TPSA) is 44.1 Å². The van der Waals surface area contributed by atoms with Gasteiger partial charge in [-0.05, 0) is 89.0 Å². The molecule has 0 bridgehead atoms. The van der Waals surface area contributed by atoms with E-state index >= 15 is 0 Å². The molecule has 0 spiro atoms. The average molecular weight is 577 g/mol. The number of hydrogen-bond donors (Lipinski definition) is 0. The van der Waals surface area contributed by atoms with Crippen molar-refractivity contribution in [3.05, 3.63) is 146 Å². The van der Waals surface area contributed by atoms with Crippen molar-refractivity contribution in [3.8, 4) is 27.9 Å². The van der Waals surface area contributed by atoms with E-state index in [1.165, 1.54) is 21.9 Å². The van der Waals surface area contributed by atoms with Crippen LogP contribution in [0.5, 0.6) is 0 Å². The van der Waals surface area contributed by atoms with E-state index in [4.69, 9.17) is 8.83 Å². The van der Waals surface area contributed by atoms with Gasteiger partial charge in [-0.15, -0.1) is 0 Å². The van der Waals surface area contributed by atoms with Gasteiger partial charge in [0.1, 0.15) is 22.3 Å². The minimum absolute atomic E-state index is 0.870. The molecule has 4 aromatic heterocycles. The highest BCUT2D eigenvalue weighted by Crippen LogP contribution is 2.39. The highest BCUT2D eigenvalue weighted by molar-refractivity contribution is 6.11. The molecule has 4 heterocycles. The summed E-state index contributed by atoms with van der Waals surface area (Å²) in [7, 11) is 0. The van der Waals surface area contributed by atoms with Gasteiger partial charge in [0.2, 0.25) is 0 Å². The number of fused-ring (bicyclic) bond motifs is 9. The summed E-state index contributed by atoms with van der Waals surface area (Å²) in [5.41, 5.74) is 11.5. The molecule has 0 unspecified atom stereocenters. The Morgan fingerprint density at radius 2 is 0.933 bits per heavy atom. The molecular formula is C41H24N2O2. The van der Waals surface area contributed by atoms with Gasteiger partial charge in [0.05, 0.1) is 17.2 Å². The summed E-state index contributed by atoms with van der Waals surface area (Å²) in [4.78, 5) is 4.45. The number of pyridine rings is 1. The van der Waals surface area contributed by atoms with Gasteiger partial charge in [-0.2, -0.15) is 0 Å². The fourth-order valence-corrected chi connectivity index (χ4v) is 6.95. The van der Waals surface area contributed by atoms with Gasteiger partial charge in [0.15, 0.2) is 0 Å². The van der Waals surface area contributed by atoms with E-state index in [-0.39, 0.29) is 0 Å². The quantitative estimate of drug-likeness (QED) is 0.210. The van der Waals surface area contributed by atoms with Crippen molar-refractivity contribution in [2.24, 2.45) is 0 Å². The van der Waals surface area contributed by atoms with Crippen molar-refractivity contribution in [2.75, 3.05) is 0 Å². The maximum absolute atomic E-state index is 6.32. The molecule has 0 atom stereocenters. The Labute approximate surface area is 257 Å². The molecular weight excluding hydrogens is 552 g/mol. The van der Waals surface area contributed by atoms with E-state index < -0.39 is 0 Å². The second-order valence-corrected chi connectivity index (χ2v) is 11.6. The van der Waals surface area contributed by atoms with Crippen LogP contribution < -0.4 is 0 Å². The zero-order chi connectivity index (χ0) is 29.5. The molecule has 4 heteroatoms. The lowest BCUT2D eigenvalue weighted by atomic mass is 9.99. The number of furan rings is 2. The van der Waals surface area contributed by atoms with Crippen LogP contribution in [-0.4, -0.2) is 9.55 Å². The highest BCUT2D eigenvalue weighted by atomic mass is 16.3. The molecule has 0 aliphatic rings. The summed E-state index contributed by atoms with van der Waals surface area (Å²) in [6.07, 6.45) is 3.81. The number of nitrogens with zero attached hydrogens (tertiary/aromatic N) is 2. The Kier molecular flexibility index (Phi) is 4.96. The molecule has 0 amide bonds. The minimum atomic E-state index is 0.870. The normalized spacial score (nSPS) is 12.0. The van der Waals surface area contributed by atoms with Crippen LogP contribution in [0.3, 0.4) is 0 Å². The summed E-state index contributed by atoms with van der Waals surface area (Å²) in [6, 6.07) is 46.9. The minimum Gasteiger partial charge on any atom is -0.456 e. The first kappa shape index (κ1) is 24.3. The number of aromatic nitrogens is 2. The van der Waals surface area contributed by atoms with Gasteiger partial charge in [-0.1, -0.05) is 66.7 Å². The average Bonchev–Trinajstić information content (AvgIpc) is 3.77. The number of para-hydroxylation sites is 1. The summed E-state index contributed by atoms with van der Waals surface area (Å²) in [5, 5.41) is 6.81. The third kappa shape index (κ3) is 3.63. The predicted molar refractivity (Wildman–Crippen MR) is 184 cm³/mol. The molecule has 210 valence electrons. The number of benzene rings is 6. The van der Waals surface area contributed by atoms with Crippen LogP contribution in [0.1, 0.15) is 0 Å². The Morgan fingerprint density at radius 3 is 1.60 bits per heavy atom. The van der Waals surface area contributed by atoms with Gasteiger partial charge >= 0.3 is 0 Å². The number of rotatable bonds is 3. The lowest BCUT2D eigenvalue weighted by molar-refractivity contribution is 0.668. The maximum Gasteiger partial charge on any atom is 0.135 e. The molecule has 6 aromatic carbocycles. The Balaban J connectivity index is 1.14. The fraction of sp³-hybridized carbons (Fsp3) is 0. The first-order valence-corrected chi connectivity index (χ1v) is 15.1. The predicted octanol–water partition coefficient (Wildman–Crippen LogP) is 11.3. The third-order valence-electron chi connectivity index (χ3n) is 9.10. The van der Waals surface area contributed by atoms with E-state index in [9.17, 15) is 0 Å². The molecule has 0 saturated heterocycles. The first-order valence-electron chi connectivity index (χ1n) is 15.1. The van der Waals surface area contributed by atoms with Crippen LogP contribution in [0.25, 0.3) is 93.6 Å². The van der Waals surface area contributed by atoms with Crippen LogP contribution >= 0.6 is 0 Å². The molecule has 0 saturated carbocycles. The molecule has 4 nitrogen and oxygen atoms in total. The van der Waals surface area contributed by atoms with Gasteiger partial charge in [0, 0.05) is 44.2 Å². The standard InChI is InChI=1S/C41H24N2O2/c1-2-6-25(7-3-1)26-10-14-38-32(20-26)33-21-27(11-15-39(33)44-38)28-12-16-40-34(22-28)35-23-29(13-17-41(35)45-40)43-36-9-5-4-8-30(36)31-18-19-42-24-37(31)43/h1-24H. The zero-order valence-electron chi connectivity index (χ0n) is 24.1. The van der Waals surface area contributed by atoms with Crippen molar-refractivity contribution in [1.82, 2.24) is 9.55 Å². The van der Waals surface area contributed by atoms with E-state index in [0.717, 1.165) is 71.7 Å². The highest BCUT2D eigenvalue weighted by Gasteiger charge is 2.16. The first-order chi connectivity index (χ1) is 22.3. The van der Waals surface area contributed by atoms with Gasteiger partial charge in [-0.25, -0.2) is 0 Å². The largest absolute Gasteiger partial charge is 0.456 e. The Bertz CT molecular complexity index is 2710. The monoisotopic (exact) mass is 576 g/mol. The molecule has 0 fully saturated rings. The van der Waals surface area contributed by atoms with Crippen molar-refractivity contribution < 1.29 is 8.83 Å². The smallest absolute Gasteiger partial charge is 0.135 e. The van der Waals surface area contributed by atoms with Crippen LogP contribution in [0.2, 0.25) is 0 Å².